The van der Waals surface area contributed by atoms with Crippen LogP contribution in [0.1, 0.15) is 38.8 Å². The van der Waals surface area contributed by atoms with Crippen molar-refractivity contribution in [2.75, 3.05) is 13.7 Å². The Morgan fingerprint density at radius 1 is 1.05 bits per heavy atom. The van der Waals surface area contributed by atoms with Crippen molar-refractivity contribution in [1.29, 1.82) is 0 Å². The van der Waals surface area contributed by atoms with Crippen LogP contribution in [0.2, 0.25) is 0 Å². The van der Waals surface area contributed by atoms with Crippen LogP contribution in [0.4, 0.5) is 0 Å². The molecule has 2 heteroatoms. The van der Waals surface area contributed by atoms with Crippen molar-refractivity contribution in [1.82, 2.24) is 5.32 Å². The monoisotopic (exact) mass is 285 g/mol. The summed E-state index contributed by atoms with van der Waals surface area (Å²) in [6.45, 7) is 7.64. The average molecular weight is 285 g/mol. The van der Waals surface area contributed by atoms with Crippen molar-refractivity contribution in [3.63, 3.8) is 0 Å². The molecule has 0 aromatic heterocycles. The van der Waals surface area contributed by atoms with Gasteiger partial charge in [0, 0.05) is 7.11 Å². The fourth-order valence-electron chi connectivity index (χ4n) is 2.92. The molecule has 21 heavy (non-hydrogen) atoms. The summed E-state index contributed by atoms with van der Waals surface area (Å²) in [5.41, 5.74) is 1.31. The minimum atomic E-state index is 0.178. The Morgan fingerprint density at radius 2 is 1.76 bits per heavy atom. The van der Waals surface area contributed by atoms with Crippen LogP contribution >= 0.6 is 0 Å². The summed E-state index contributed by atoms with van der Waals surface area (Å²) < 4.78 is 5.77. The van der Waals surface area contributed by atoms with Crippen molar-refractivity contribution < 1.29 is 4.74 Å². The van der Waals surface area contributed by atoms with E-state index < -0.39 is 0 Å². The fraction of sp³-hybridized carbons (Fsp3) is 0.474. The highest BCUT2D eigenvalue weighted by molar-refractivity contribution is 5.83. The van der Waals surface area contributed by atoms with Gasteiger partial charge in [-0.05, 0) is 41.3 Å². The molecular formula is C19H27NO. The number of hydrogen-bond donors (Lipinski definition) is 1. The van der Waals surface area contributed by atoms with Gasteiger partial charge in [-0.3, -0.25) is 0 Å². The zero-order valence-corrected chi connectivity index (χ0v) is 13.6. The zero-order chi connectivity index (χ0) is 15.2. The van der Waals surface area contributed by atoms with Gasteiger partial charge in [0.05, 0.1) is 12.1 Å². The standard InChI is InChI=1S/C19H27NO/c1-5-12-20-18(19(21-4)14(2)3)17-11-10-15-8-6-7-9-16(15)13-17/h6-11,13-14,18-20H,5,12H2,1-4H3. The summed E-state index contributed by atoms with van der Waals surface area (Å²) in [4.78, 5) is 0. The molecule has 2 nitrogen and oxygen atoms in total. The Kier molecular flexibility index (Phi) is 5.77. The molecule has 0 saturated carbocycles. The molecule has 0 aliphatic rings. The lowest BCUT2D eigenvalue weighted by Gasteiger charge is -2.30. The van der Waals surface area contributed by atoms with E-state index >= 15 is 0 Å². The van der Waals surface area contributed by atoms with Crippen LogP contribution in [-0.2, 0) is 4.74 Å². The minimum Gasteiger partial charge on any atom is -0.379 e. The maximum atomic E-state index is 5.77. The highest BCUT2D eigenvalue weighted by Crippen LogP contribution is 2.27. The lowest BCUT2D eigenvalue weighted by atomic mass is 9.92. The minimum absolute atomic E-state index is 0.178. The molecule has 2 rings (SSSR count). The van der Waals surface area contributed by atoms with Crippen molar-refractivity contribution in [2.24, 2.45) is 5.92 Å². The second-order valence-electron chi connectivity index (χ2n) is 5.98. The maximum Gasteiger partial charge on any atom is 0.0788 e. The van der Waals surface area contributed by atoms with Crippen LogP contribution in [0, 0.1) is 5.92 Å². The third-order valence-electron chi connectivity index (χ3n) is 4.00. The van der Waals surface area contributed by atoms with E-state index in [4.69, 9.17) is 4.74 Å². The van der Waals surface area contributed by atoms with Gasteiger partial charge in [-0.2, -0.15) is 0 Å². The molecule has 2 atom stereocenters. The van der Waals surface area contributed by atoms with E-state index in [-0.39, 0.29) is 12.1 Å². The molecule has 2 unspecified atom stereocenters. The second kappa shape index (κ2) is 7.58. The SMILES string of the molecule is CCCNC(c1ccc2ccccc2c1)C(OC)C(C)C. The van der Waals surface area contributed by atoms with Crippen LogP contribution in [0.5, 0.6) is 0 Å². The van der Waals surface area contributed by atoms with E-state index in [0.717, 1.165) is 13.0 Å². The van der Waals surface area contributed by atoms with Gasteiger partial charge in [0.1, 0.15) is 0 Å². The van der Waals surface area contributed by atoms with Gasteiger partial charge < -0.3 is 10.1 Å². The Bertz CT molecular complexity index is 564. The summed E-state index contributed by atoms with van der Waals surface area (Å²) in [5, 5.41) is 6.23. The highest BCUT2D eigenvalue weighted by Gasteiger charge is 2.25. The first kappa shape index (κ1) is 16.0. The Labute approximate surface area is 128 Å². The third-order valence-corrected chi connectivity index (χ3v) is 4.00. The summed E-state index contributed by atoms with van der Waals surface area (Å²) in [5.74, 6) is 0.468. The first-order valence-corrected chi connectivity index (χ1v) is 7.92. The first-order chi connectivity index (χ1) is 10.2. The van der Waals surface area contributed by atoms with Crippen molar-refractivity contribution in [3.8, 4) is 0 Å². The number of ether oxygens (including phenoxy) is 1. The fourth-order valence-corrected chi connectivity index (χ4v) is 2.92. The molecule has 0 radical (unpaired) electrons. The third kappa shape index (κ3) is 3.84. The normalized spacial score (nSPS) is 14.5. The maximum absolute atomic E-state index is 5.77. The van der Waals surface area contributed by atoms with Gasteiger partial charge in [-0.1, -0.05) is 57.2 Å². The molecule has 0 saturated heterocycles. The van der Waals surface area contributed by atoms with Gasteiger partial charge in [0.15, 0.2) is 0 Å². The number of benzene rings is 2. The largest absolute Gasteiger partial charge is 0.379 e. The molecule has 0 fully saturated rings. The Balaban J connectivity index is 2.36. The van der Waals surface area contributed by atoms with Crippen LogP contribution in [0.15, 0.2) is 42.5 Å². The molecule has 0 aliphatic carbocycles. The lowest BCUT2D eigenvalue weighted by molar-refractivity contribution is 0.0327. The Morgan fingerprint density at radius 3 is 2.38 bits per heavy atom. The average Bonchev–Trinajstić information content (AvgIpc) is 2.50. The molecular weight excluding hydrogens is 258 g/mol. The number of methoxy groups -OCH3 is 1. The number of fused-ring (bicyclic) bond motifs is 1. The van der Waals surface area contributed by atoms with E-state index in [1.165, 1.54) is 16.3 Å². The van der Waals surface area contributed by atoms with Gasteiger partial charge in [0.25, 0.3) is 0 Å². The van der Waals surface area contributed by atoms with Gasteiger partial charge in [0.2, 0.25) is 0 Å². The predicted molar refractivity (Wildman–Crippen MR) is 90.6 cm³/mol. The number of rotatable bonds is 7. The van der Waals surface area contributed by atoms with Crippen LogP contribution < -0.4 is 5.32 Å². The second-order valence-corrected chi connectivity index (χ2v) is 5.98. The van der Waals surface area contributed by atoms with Crippen molar-refractivity contribution in [3.05, 3.63) is 48.0 Å². The Hall–Kier alpha value is -1.38. The molecule has 0 aliphatic heterocycles. The van der Waals surface area contributed by atoms with E-state index in [9.17, 15) is 0 Å². The number of hydrogen-bond acceptors (Lipinski definition) is 2. The van der Waals surface area contributed by atoms with Gasteiger partial charge in [-0.15, -0.1) is 0 Å². The van der Waals surface area contributed by atoms with E-state index in [1.54, 1.807) is 0 Å². The van der Waals surface area contributed by atoms with Gasteiger partial charge >= 0.3 is 0 Å². The van der Waals surface area contributed by atoms with Crippen LogP contribution in [0.3, 0.4) is 0 Å². The van der Waals surface area contributed by atoms with Crippen LogP contribution in [0.25, 0.3) is 10.8 Å². The molecule has 2 aromatic rings. The summed E-state index contributed by atoms with van der Waals surface area (Å²) in [7, 11) is 1.81. The summed E-state index contributed by atoms with van der Waals surface area (Å²) in [6, 6.07) is 15.5. The molecule has 0 amide bonds. The lowest BCUT2D eigenvalue weighted by Crippen LogP contribution is -2.37. The van der Waals surface area contributed by atoms with Crippen LogP contribution in [-0.4, -0.2) is 19.8 Å². The molecule has 0 spiro atoms. The molecule has 1 N–H and O–H groups in total. The van der Waals surface area contributed by atoms with Crippen molar-refractivity contribution >= 4 is 10.8 Å². The first-order valence-electron chi connectivity index (χ1n) is 7.92. The quantitative estimate of drug-likeness (QED) is 0.805. The predicted octanol–water partition coefficient (Wildman–Crippen LogP) is 4.55. The van der Waals surface area contributed by atoms with E-state index in [2.05, 4.69) is 68.6 Å². The van der Waals surface area contributed by atoms with Crippen molar-refractivity contribution in [2.45, 2.75) is 39.3 Å². The van der Waals surface area contributed by atoms with E-state index in [1.807, 2.05) is 7.11 Å². The van der Waals surface area contributed by atoms with Gasteiger partial charge in [-0.25, -0.2) is 0 Å². The molecule has 0 bridgehead atoms. The summed E-state index contributed by atoms with van der Waals surface area (Å²) >= 11 is 0. The smallest absolute Gasteiger partial charge is 0.0788 e. The molecule has 114 valence electrons. The highest BCUT2D eigenvalue weighted by atomic mass is 16.5. The zero-order valence-electron chi connectivity index (χ0n) is 13.6. The molecule has 2 aromatic carbocycles. The summed E-state index contributed by atoms with van der Waals surface area (Å²) in [6.07, 6.45) is 1.30. The molecule has 0 heterocycles. The van der Waals surface area contributed by atoms with E-state index in [0.29, 0.717) is 5.92 Å². The topological polar surface area (TPSA) is 21.3 Å². The number of nitrogens with one attached hydrogen (secondary N) is 1.